The first-order valence-corrected chi connectivity index (χ1v) is 8.83. The molecule has 0 aliphatic carbocycles. The third kappa shape index (κ3) is 2.96. The lowest BCUT2D eigenvalue weighted by Crippen LogP contribution is -2.42. The summed E-state index contributed by atoms with van der Waals surface area (Å²) in [6, 6.07) is 11.3. The number of rotatable bonds is 5. The van der Waals surface area contributed by atoms with Crippen LogP contribution in [-0.4, -0.2) is 28.4 Å². The number of halogens is 1. The summed E-state index contributed by atoms with van der Waals surface area (Å²) >= 11 is 3.35. The predicted octanol–water partition coefficient (Wildman–Crippen LogP) is 3.37. The number of hydrogen-bond donors (Lipinski definition) is 2. The first-order valence-electron chi connectivity index (χ1n) is 8.04. The van der Waals surface area contributed by atoms with Crippen LogP contribution in [0, 0.1) is 0 Å². The fourth-order valence-electron chi connectivity index (χ4n) is 3.18. The SMILES string of the molecule is CCCN1C(=O)[C@](O)(CC(=O)c2ccccc2O)c2cc(Br)ccc21. The van der Waals surface area contributed by atoms with E-state index in [1.54, 1.807) is 30.3 Å². The molecule has 6 heteroatoms. The molecule has 0 fully saturated rings. The average Bonchev–Trinajstić information content (AvgIpc) is 2.77. The van der Waals surface area contributed by atoms with Gasteiger partial charge in [-0.1, -0.05) is 35.0 Å². The van der Waals surface area contributed by atoms with Gasteiger partial charge >= 0.3 is 0 Å². The van der Waals surface area contributed by atoms with Crippen LogP contribution in [0.2, 0.25) is 0 Å². The molecule has 25 heavy (non-hydrogen) atoms. The molecule has 0 bridgehead atoms. The van der Waals surface area contributed by atoms with Crippen LogP contribution in [-0.2, 0) is 10.4 Å². The van der Waals surface area contributed by atoms with Crippen LogP contribution in [0.15, 0.2) is 46.9 Å². The van der Waals surface area contributed by atoms with Gasteiger partial charge in [0, 0.05) is 16.6 Å². The van der Waals surface area contributed by atoms with Crippen LogP contribution in [0.1, 0.15) is 35.7 Å². The van der Waals surface area contributed by atoms with Gasteiger partial charge in [0.15, 0.2) is 11.4 Å². The number of hydrogen-bond acceptors (Lipinski definition) is 4. The first-order chi connectivity index (χ1) is 11.9. The highest BCUT2D eigenvalue weighted by Gasteiger charge is 2.50. The molecule has 2 aromatic carbocycles. The molecule has 1 amide bonds. The van der Waals surface area contributed by atoms with Crippen molar-refractivity contribution in [1.82, 2.24) is 0 Å². The fourth-order valence-corrected chi connectivity index (χ4v) is 3.54. The molecular formula is C19H18BrNO4. The molecule has 0 spiro atoms. The van der Waals surface area contributed by atoms with Crippen LogP contribution < -0.4 is 4.90 Å². The Kier molecular flexibility index (Phi) is 4.67. The second-order valence-corrected chi connectivity index (χ2v) is 7.01. The summed E-state index contributed by atoms with van der Waals surface area (Å²) in [5, 5.41) is 21.0. The van der Waals surface area contributed by atoms with Crippen LogP contribution >= 0.6 is 15.9 Å². The van der Waals surface area contributed by atoms with Crippen molar-refractivity contribution in [3.8, 4) is 5.75 Å². The minimum absolute atomic E-state index is 0.0919. The normalized spacial score (nSPS) is 19.2. The molecule has 1 aliphatic heterocycles. The molecule has 0 radical (unpaired) electrons. The number of Topliss-reactive ketones (excluding diaryl/α,β-unsaturated/α-hetero) is 1. The number of amides is 1. The van der Waals surface area contributed by atoms with Gasteiger partial charge in [-0.05, 0) is 36.8 Å². The van der Waals surface area contributed by atoms with Crippen LogP contribution in [0.4, 0.5) is 5.69 Å². The highest BCUT2D eigenvalue weighted by Crippen LogP contribution is 2.44. The lowest BCUT2D eigenvalue weighted by Gasteiger charge is -2.22. The van der Waals surface area contributed by atoms with Gasteiger partial charge < -0.3 is 15.1 Å². The molecule has 0 saturated heterocycles. The van der Waals surface area contributed by atoms with Gasteiger partial charge in [0.1, 0.15) is 5.75 Å². The predicted molar refractivity (Wildman–Crippen MR) is 97.7 cm³/mol. The maximum absolute atomic E-state index is 12.9. The summed E-state index contributed by atoms with van der Waals surface area (Å²) in [5.41, 5.74) is -0.825. The summed E-state index contributed by atoms with van der Waals surface area (Å²) in [5.74, 6) is -1.16. The van der Waals surface area contributed by atoms with Gasteiger partial charge in [-0.3, -0.25) is 9.59 Å². The number of aromatic hydroxyl groups is 1. The Morgan fingerprint density at radius 3 is 2.64 bits per heavy atom. The Bertz CT molecular complexity index is 851. The lowest BCUT2D eigenvalue weighted by molar-refractivity contribution is -0.135. The summed E-state index contributed by atoms with van der Waals surface area (Å²) < 4.78 is 0.714. The third-order valence-electron chi connectivity index (χ3n) is 4.36. The number of phenolic OH excluding ortho intramolecular Hbond substituents is 1. The molecule has 1 heterocycles. The Balaban J connectivity index is 2.03. The number of aliphatic hydroxyl groups is 1. The second kappa shape index (κ2) is 6.61. The zero-order valence-corrected chi connectivity index (χ0v) is 15.3. The number of fused-ring (bicyclic) bond motifs is 1. The Hall–Kier alpha value is -2.18. The van der Waals surface area contributed by atoms with Crippen molar-refractivity contribution in [2.75, 3.05) is 11.4 Å². The molecule has 1 atom stereocenters. The molecule has 2 aromatic rings. The minimum atomic E-state index is -1.94. The number of carbonyl (C=O) groups excluding carboxylic acids is 2. The van der Waals surface area contributed by atoms with E-state index in [9.17, 15) is 19.8 Å². The van der Waals surface area contributed by atoms with Crippen molar-refractivity contribution in [2.24, 2.45) is 0 Å². The topological polar surface area (TPSA) is 77.8 Å². The maximum Gasteiger partial charge on any atom is 0.264 e. The van der Waals surface area contributed by atoms with Gasteiger partial charge in [-0.25, -0.2) is 0 Å². The minimum Gasteiger partial charge on any atom is -0.507 e. The molecule has 5 nitrogen and oxygen atoms in total. The molecule has 130 valence electrons. The van der Waals surface area contributed by atoms with E-state index in [2.05, 4.69) is 15.9 Å². The fraction of sp³-hybridized carbons (Fsp3) is 0.263. The standard InChI is InChI=1S/C19H18BrNO4/c1-2-9-21-15-8-7-12(20)10-14(15)19(25,18(21)24)11-17(23)13-5-3-4-6-16(13)22/h3-8,10,22,25H,2,9,11H2,1H3/t19-/m0/s1. The monoisotopic (exact) mass is 403 g/mol. The van der Waals surface area contributed by atoms with Gasteiger partial charge in [0.25, 0.3) is 5.91 Å². The van der Waals surface area contributed by atoms with Gasteiger partial charge in [0.05, 0.1) is 17.7 Å². The summed E-state index contributed by atoms with van der Waals surface area (Å²) in [7, 11) is 0. The van der Waals surface area contributed by atoms with E-state index in [-0.39, 0.29) is 11.3 Å². The summed E-state index contributed by atoms with van der Waals surface area (Å²) in [6.07, 6.45) is 0.303. The van der Waals surface area contributed by atoms with E-state index < -0.39 is 23.7 Å². The average molecular weight is 404 g/mol. The van der Waals surface area contributed by atoms with Crippen molar-refractivity contribution in [3.05, 3.63) is 58.1 Å². The largest absolute Gasteiger partial charge is 0.507 e. The number of ketones is 1. The second-order valence-electron chi connectivity index (χ2n) is 6.10. The van der Waals surface area contributed by atoms with E-state index >= 15 is 0 Å². The number of anilines is 1. The van der Waals surface area contributed by atoms with Crippen molar-refractivity contribution < 1.29 is 19.8 Å². The Labute approximate surface area is 154 Å². The summed E-state index contributed by atoms with van der Waals surface area (Å²) in [4.78, 5) is 27.0. The third-order valence-corrected chi connectivity index (χ3v) is 4.86. The number of carbonyl (C=O) groups is 2. The smallest absolute Gasteiger partial charge is 0.264 e. The zero-order valence-electron chi connectivity index (χ0n) is 13.7. The number of benzene rings is 2. The van der Waals surface area contributed by atoms with Gasteiger partial charge in [-0.2, -0.15) is 0 Å². The Morgan fingerprint density at radius 2 is 1.96 bits per heavy atom. The molecule has 0 unspecified atom stereocenters. The molecule has 1 aliphatic rings. The maximum atomic E-state index is 12.9. The molecule has 3 rings (SSSR count). The van der Waals surface area contributed by atoms with Crippen LogP contribution in [0.25, 0.3) is 0 Å². The van der Waals surface area contributed by atoms with Gasteiger partial charge in [0.2, 0.25) is 0 Å². The number of nitrogens with zero attached hydrogens (tertiary/aromatic N) is 1. The quantitative estimate of drug-likeness (QED) is 0.750. The van der Waals surface area contributed by atoms with Crippen molar-refractivity contribution >= 4 is 33.3 Å². The number of phenols is 1. The summed E-state index contributed by atoms with van der Waals surface area (Å²) in [6.45, 7) is 2.40. The van der Waals surface area contributed by atoms with E-state index in [1.165, 1.54) is 17.0 Å². The van der Waals surface area contributed by atoms with E-state index in [0.717, 1.165) is 6.42 Å². The van der Waals surface area contributed by atoms with Gasteiger partial charge in [-0.15, -0.1) is 0 Å². The lowest BCUT2D eigenvalue weighted by atomic mass is 9.88. The Morgan fingerprint density at radius 1 is 1.24 bits per heavy atom. The number of para-hydroxylation sites is 1. The van der Waals surface area contributed by atoms with E-state index in [0.29, 0.717) is 22.3 Å². The molecule has 0 aromatic heterocycles. The highest BCUT2D eigenvalue weighted by atomic mass is 79.9. The van der Waals surface area contributed by atoms with Crippen LogP contribution in [0.3, 0.4) is 0 Å². The van der Waals surface area contributed by atoms with Crippen LogP contribution in [0.5, 0.6) is 5.75 Å². The highest BCUT2D eigenvalue weighted by molar-refractivity contribution is 9.10. The van der Waals surface area contributed by atoms with Crippen molar-refractivity contribution in [1.29, 1.82) is 0 Å². The van der Waals surface area contributed by atoms with E-state index in [4.69, 9.17) is 0 Å². The first kappa shape index (κ1) is 17.6. The molecular weight excluding hydrogens is 386 g/mol. The zero-order chi connectivity index (χ0) is 18.2. The van der Waals surface area contributed by atoms with Crippen molar-refractivity contribution in [2.45, 2.75) is 25.4 Å². The molecule has 0 saturated carbocycles. The van der Waals surface area contributed by atoms with E-state index in [1.807, 2.05) is 6.92 Å². The molecule has 2 N–H and O–H groups in total. The van der Waals surface area contributed by atoms with Crippen molar-refractivity contribution in [3.63, 3.8) is 0 Å².